The lowest BCUT2D eigenvalue weighted by molar-refractivity contribution is -0.139. The van der Waals surface area contributed by atoms with Gasteiger partial charge in [-0.15, -0.1) is 0 Å². The van der Waals surface area contributed by atoms with E-state index >= 15 is 0 Å². The number of halogens is 1. The number of rotatable bonds is 5. The first-order chi connectivity index (χ1) is 11.5. The van der Waals surface area contributed by atoms with Crippen LogP contribution in [0.2, 0.25) is 0 Å². The molecule has 1 aliphatic rings. The van der Waals surface area contributed by atoms with Crippen LogP contribution in [0, 0.1) is 5.82 Å². The van der Waals surface area contributed by atoms with E-state index < -0.39 is 23.7 Å². The van der Waals surface area contributed by atoms with Gasteiger partial charge in [0.2, 0.25) is 0 Å². The van der Waals surface area contributed by atoms with Gasteiger partial charge in [-0.25, -0.2) is 14.0 Å². The smallest absolute Gasteiger partial charge is 0.336 e. The lowest BCUT2D eigenvalue weighted by Crippen LogP contribution is -2.28. The molecule has 1 aromatic rings. The monoisotopic (exact) mass is 333 g/mol. The molecule has 0 fully saturated rings. The summed E-state index contributed by atoms with van der Waals surface area (Å²) < 4.78 is 23.5. The van der Waals surface area contributed by atoms with E-state index in [1.807, 2.05) is 0 Å². The molecule has 1 aromatic carbocycles. The van der Waals surface area contributed by atoms with Gasteiger partial charge in [-0.2, -0.15) is 0 Å². The highest BCUT2D eigenvalue weighted by Crippen LogP contribution is 2.36. The van der Waals surface area contributed by atoms with Gasteiger partial charge < -0.3 is 14.4 Å². The highest BCUT2D eigenvalue weighted by atomic mass is 19.1. The average Bonchev–Trinajstić information content (AvgIpc) is 2.55. The molecule has 1 heterocycles. The molecular formula is C18H20FNO4. The van der Waals surface area contributed by atoms with Crippen LogP contribution in [0.15, 0.2) is 47.8 Å². The van der Waals surface area contributed by atoms with Gasteiger partial charge in [-0.05, 0) is 31.5 Å². The van der Waals surface area contributed by atoms with Crippen LogP contribution in [0.1, 0.15) is 25.3 Å². The second-order valence-electron chi connectivity index (χ2n) is 5.26. The van der Waals surface area contributed by atoms with Crippen molar-refractivity contribution in [1.29, 1.82) is 0 Å². The molecule has 0 radical (unpaired) electrons. The van der Waals surface area contributed by atoms with Gasteiger partial charge in [0.1, 0.15) is 5.82 Å². The fraction of sp³-hybridized carbons (Fsp3) is 0.333. The Hall–Kier alpha value is -2.63. The summed E-state index contributed by atoms with van der Waals surface area (Å²) in [5.41, 5.74) is 1.22. The summed E-state index contributed by atoms with van der Waals surface area (Å²) in [5, 5.41) is 0. The zero-order valence-corrected chi connectivity index (χ0v) is 13.9. The Morgan fingerprint density at radius 2 is 1.46 bits per heavy atom. The number of nitrogens with zero attached hydrogens (tertiary/aromatic N) is 1. The SMILES string of the molecule is CCOC(=O)C1=CN(C)C=C(C(=O)OCC)C1c1ccc(F)cc1. The highest BCUT2D eigenvalue weighted by Gasteiger charge is 2.34. The summed E-state index contributed by atoms with van der Waals surface area (Å²) in [4.78, 5) is 26.3. The minimum absolute atomic E-state index is 0.217. The van der Waals surface area contributed by atoms with Crippen molar-refractivity contribution in [3.8, 4) is 0 Å². The van der Waals surface area contributed by atoms with E-state index in [1.165, 1.54) is 12.1 Å². The van der Waals surface area contributed by atoms with Crippen molar-refractivity contribution >= 4 is 11.9 Å². The maximum absolute atomic E-state index is 13.2. The van der Waals surface area contributed by atoms with Crippen LogP contribution in [-0.4, -0.2) is 37.1 Å². The average molecular weight is 333 g/mol. The predicted molar refractivity (Wildman–Crippen MR) is 86.3 cm³/mol. The Morgan fingerprint density at radius 3 is 1.88 bits per heavy atom. The van der Waals surface area contributed by atoms with Crippen molar-refractivity contribution in [3.05, 3.63) is 59.2 Å². The van der Waals surface area contributed by atoms with E-state index in [0.29, 0.717) is 16.7 Å². The molecule has 0 unspecified atom stereocenters. The van der Waals surface area contributed by atoms with Crippen LogP contribution >= 0.6 is 0 Å². The summed E-state index contributed by atoms with van der Waals surface area (Å²) in [6.07, 6.45) is 3.21. The van der Waals surface area contributed by atoms with Crippen molar-refractivity contribution < 1.29 is 23.5 Å². The summed E-state index contributed by atoms with van der Waals surface area (Å²) in [6.45, 7) is 3.85. The van der Waals surface area contributed by atoms with Gasteiger partial charge in [0.25, 0.3) is 0 Å². The first kappa shape index (κ1) is 17.7. The van der Waals surface area contributed by atoms with Gasteiger partial charge >= 0.3 is 11.9 Å². The van der Waals surface area contributed by atoms with Crippen LogP contribution in [0.4, 0.5) is 4.39 Å². The Balaban J connectivity index is 2.50. The molecule has 2 rings (SSSR count). The topological polar surface area (TPSA) is 55.8 Å². The fourth-order valence-electron chi connectivity index (χ4n) is 2.58. The summed E-state index contributed by atoms with van der Waals surface area (Å²) in [6, 6.07) is 5.68. The van der Waals surface area contributed by atoms with Crippen LogP contribution < -0.4 is 0 Å². The molecule has 0 saturated heterocycles. The number of benzene rings is 1. The zero-order chi connectivity index (χ0) is 17.7. The fourth-order valence-corrected chi connectivity index (χ4v) is 2.58. The van der Waals surface area contributed by atoms with E-state index in [4.69, 9.17) is 9.47 Å². The van der Waals surface area contributed by atoms with Gasteiger partial charge in [0.05, 0.1) is 30.3 Å². The molecule has 0 bridgehead atoms. The van der Waals surface area contributed by atoms with E-state index in [2.05, 4.69) is 0 Å². The van der Waals surface area contributed by atoms with E-state index in [1.54, 1.807) is 50.3 Å². The molecule has 6 heteroatoms. The molecule has 0 aliphatic carbocycles. The molecular weight excluding hydrogens is 313 g/mol. The second-order valence-corrected chi connectivity index (χ2v) is 5.26. The van der Waals surface area contributed by atoms with Crippen molar-refractivity contribution in [1.82, 2.24) is 4.90 Å². The second kappa shape index (κ2) is 7.77. The van der Waals surface area contributed by atoms with Crippen molar-refractivity contribution in [2.24, 2.45) is 0 Å². The van der Waals surface area contributed by atoms with Gasteiger partial charge in [0.15, 0.2) is 0 Å². The number of hydrogen-bond acceptors (Lipinski definition) is 5. The van der Waals surface area contributed by atoms with Crippen LogP contribution in [-0.2, 0) is 19.1 Å². The molecule has 0 N–H and O–H groups in total. The molecule has 0 spiro atoms. The standard InChI is InChI=1S/C18H20FNO4/c1-4-23-17(21)14-10-20(3)11-15(18(22)24-5-2)16(14)12-6-8-13(19)9-7-12/h6-11,16H,4-5H2,1-3H3. The third kappa shape index (κ3) is 3.82. The highest BCUT2D eigenvalue weighted by molar-refractivity contribution is 5.98. The summed E-state index contributed by atoms with van der Waals surface area (Å²) in [7, 11) is 1.71. The Kier molecular flexibility index (Phi) is 5.73. The quantitative estimate of drug-likeness (QED) is 0.776. The lowest BCUT2D eigenvalue weighted by atomic mass is 9.83. The van der Waals surface area contributed by atoms with E-state index in [-0.39, 0.29) is 13.2 Å². The van der Waals surface area contributed by atoms with Crippen molar-refractivity contribution in [2.75, 3.05) is 20.3 Å². The van der Waals surface area contributed by atoms with E-state index in [0.717, 1.165) is 0 Å². The molecule has 128 valence electrons. The van der Waals surface area contributed by atoms with Crippen LogP contribution in [0.25, 0.3) is 0 Å². The third-order valence-electron chi connectivity index (χ3n) is 3.53. The first-order valence-corrected chi connectivity index (χ1v) is 7.73. The molecule has 0 amide bonds. The normalized spacial score (nSPS) is 14.8. The minimum atomic E-state index is -0.667. The maximum atomic E-state index is 13.2. The maximum Gasteiger partial charge on any atom is 0.336 e. The van der Waals surface area contributed by atoms with Crippen LogP contribution in [0.3, 0.4) is 0 Å². The van der Waals surface area contributed by atoms with Gasteiger partial charge in [-0.3, -0.25) is 0 Å². The zero-order valence-electron chi connectivity index (χ0n) is 13.9. The van der Waals surface area contributed by atoms with Crippen LogP contribution in [0.5, 0.6) is 0 Å². The summed E-state index contributed by atoms with van der Waals surface area (Å²) >= 11 is 0. The Morgan fingerprint density at radius 1 is 1.00 bits per heavy atom. The Labute approximate surface area is 140 Å². The minimum Gasteiger partial charge on any atom is -0.463 e. The van der Waals surface area contributed by atoms with E-state index in [9.17, 15) is 14.0 Å². The molecule has 5 nitrogen and oxygen atoms in total. The molecule has 1 aliphatic heterocycles. The number of hydrogen-bond donors (Lipinski definition) is 0. The largest absolute Gasteiger partial charge is 0.463 e. The van der Waals surface area contributed by atoms with Crippen molar-refractivity contribution in [3.63, 3.8) is 0 Å². The first-order valence-electron chi connectivity index (χ1n) is 7.73. The third-order valence-corrected chi connectivity index (χ3v) is 3.53. The molecule has 24 heavy (non-hydrogen) atoms. The molecule has 0 atom stereocenters. The summed E-state index contributed by atoms with van der Waals surface area (Å²) in [5.74, 6) is -2.10. The number of ether oxygens (including phenoxy) is 2. The van der Waals surface area contributed by atoms with Gasteiger partial charge in [0, 0.05) is 19.4 Å². The number of carbonyl (C=O) groups is 2. The lowest BCUT2D eigenvalue weighted by Gasteiger charge is -2.28. The predicted octanol–water partition coefficient (Wildman–Crippen LogP) is 2.75. The number of carbonyl (C=O) groups excluding carboxylic acids is 2. The number of esters is 2. The molecule has 0 saturated carbocycles. The van der Waals surface area contributed by atoms with Gasteiger partial charge in [-0.1, -0.05) is 12.1 Å². The molecule has 0 aromatic heterocycles. The van der Waals surface area contributed by atoms with Crippen molar-refractivity contribution in [2.45, 2.75) is 19.8 Å². The Bertz CT molecular complexity index is 643.